The highest BCUT2D eigenvalue weighted by Crippen LogP contribution is 2.84. The molecule has 0 aliphatic carbocycles. The molecule has 12 heteroatoms. The molecule has 0 radical (unpaired) electrons. The van der Waals surface area contributed by atoms with Gasteiger partial charge in [0, 0.05) is 0 Å². The quantitative estimate of drug-likeness (QED) is 0.291. The Balaban J connectivity index is 5.85. The van der Waals surface area contributed by atoms with Crippen molar-refractivity contribution in [2.75, 3.05) is 0 Å². The molecule has 0 atom stereocenters. The van der Waals surface area contributed by atoms with E-state index in [1.165, 1.54) is 0 Å². The van der Waals surface area contributed by atoms with E-state index in [0.29, 0.717) is 12.8 Å². The SMILES string of the molecule is CCCCCC(P(=O)(O)O)(P(=O)(O)O)P(=O)(O)O. The van der Waals surface area contributed by atoms with Crippen molar-refractivity contribution in [1.29, 1.82) is 0 Å². The highest BCUT2D eigenvalue weighted by Gasteiger charge is 2.70. The van der Waals surface area contributed by atoms with Crippen LogP contribution in [0.5, 0.6) is 0 Å². The number of rotatable bonds is 7. The van der Waals surface area contributed by atoms with Gasteiger partial charge in [-0.1, -0.05) is 26.2 Å². The minimum Gasteiger partial charge on any atom is -0.323 e. The molecule has 0 aromatic carbocycles. The molecule has 110 valence electrons. The van der Waals surface area contributed by atoms with E-state index >= 15 is 0 Å². The molecule has 0 rings (SSSR count). The third-order valence-electron chi connectivity index (χ3n) is 2.52. The van der Waals surface area contributed by atoms with Gasteiger partial charge in [-0.25, -0.2) is 0 Å². The van der Waals surface area contributed by atoms with Crippen LogP contribution < -0.4 is 0 Å². The fourth-order valence-corrected chi connectivity index (χ4v) is 6.98. The summed E-state index contributed by atoms with van der Waals surface area (Å²) >= 11 is 0. The van der Waals surface area contributed by atoms with E-state index in [4.69, 9.17) is 29.4 Å². The smallest absolute Gasteiger partial charge is 0.323 e. The Kier molecular flexibility index (Phi) is 5.98. The van der Waals surface area contributed by atoms with Crippen LogP contribution in [-0.4, -0.2) is 34.0 Å². The first-order valence-electron chi connectivity index (χ1n) is 4.98. The van der Waals surface area contributed by atoms with Crippen LogP contribution in [0.25, 0.3) is 0 Å². The Morgan fingerprint density at radius 2 is 1.11 bits per heavy atom. The average molecular weight is 326 g/mol. The molecule has 0 aromatic rings. The van der Waals surface area contributed by atoms with Gasteiger partial charge in [0.2, 0.25) is 0 Å². The van der Waals surface area contributed by atoms with Gasteiger partial charge in [0.1, 0.15) is 0 Å². The summed E-state index contributed by atoms with van der Waals surface area (Å²) in [5.41, 5.74) is 0. The minimum absolute atomic E-state index is 0.113. The van der Waals surface area contributed by atoms with E-state index in [0.717, 1.165) is 0 Å². The van der Waals surface area contributed by atoms with Gasteiger partial charge in [0.25, 0.3) is 4.64 Å². The Morgan fingerprint density at radius 3 is 1.33 bits per heavy atom. The molecule has 9 nitrogen and oxygen atoms in total. The molecule has 0 aromatic heterocycles. The van der Waals surface area contributed by atoms with Gasteiger partial charge in [-0.2, -0.15) is 0 Å². The van der Waals surface area contributed by atoms with Crippen molar-refractivity contribution in [1.82, 2.24) is 0 Å². The van der Waals surface area contributed by atoms with Crippen molar-refractivity contribution in [3.8, 4) is 0 Å². The molecular formula is C6H17O9P3. The van der Waals surface area contributed by atoms with E-state index < -0.39 is 33.8 Å². The molecule has 0 amide bonds. The molecule has 0 spiro atoms. The van der Waals surface area contributed by atoms with Crippen molar-refractivity contribution in [2.24, 2.45) is 0 Å². The summed E-state index contributed by atoms with van der Waals surface area (Å²) in [6, 6.07) is 0. The lowest BCUT2D eigenvalue weighted by Gasteiger charge is -2.34. The topological polar surface area (TPSA) is 173 Å². The second kappa shape index (κ2) is 5.83. The Morgan fingerprint density at radius 1 is 0.778 bits per heavy atom. The minimum atomic E-state index is -5.72. The van der Waals surface area contributed by atoms with Crippen molar-refractivity contribution in [3.63, 3.8) is 0 Å². The van der Waals surface area contributed by atoms with Gasteiger partial charge in [-0.05, 0) is 6.42 Å². The van der Waals surface area contributed by atoms with Crippen LogP contribution in [0, 0.1) is 0 Å². The molecule has 0 aliphatic heterocycles. The van der Waals surface area contributed by atoms with Gasteiger partial charge in [-0.3, -0.25) is 13.7 Å². The summed E-state index contributed by atoms with van der Waals surface area (Å²) in [5, 5.41) is 0. The summed E-state index contributed by atoms with van der Waals surface area (Å²) in [5.74, 6) is 0. The van der Waals surface area contributed by atoms with Crippen molar-refractivity contribution in [2.45, 2.75) is 37.2 Å². The van der Waals surface area contributed by atoms with Gasteiger partial charge in [0.05, 0.1) is 0 Å². The monoisotopic (exact) mass is 326 g/mol. The fraction of sp³-hybridized carbons (Fsp3) is 1.00. The Labute approximate surface area is 104 Å². The lowest BCUT2D eigenvalue weighted by Crippen LogP contribution is -2.29. The summed E-state index contributed by atoms with van der Waals surface area (Å²) in [4.78, 5) is 54.2. The molecule has 0 saturated carbocycles. The first kappa shape index (κ1) is 18.4. The molecule has 0 heterocycles. The Hall–Kier alpha value is 0.450. The number of unbranched alkanes of at least 4 members (excludes halogenated alkanes) is 2. The van der Waals surface area contributed by atoms with Crippen LogP contribution >= 0.6 is 22.8 Å². The number of hydrogen-bond acceptors (Lipinski definition) is 3. The van der Waals surface area contributed by atoms with Crippen LogP contribution in [0.3, 0.4) is 0 Å². The Bertz CT molecular complexity index is 359. The molecule has 0 unspecified atom stereocenters. The maximum atomic E-state index is 11.3. The van der Waals surface area contributed by atoms with Crippen LogP contribution in [-0.2, 0) is 13.7 Å². The van der Waals surface area contributed by atoms with Gasteiger partial charge in [-0.15, -0.1) is 0 Å². The average Bonchev–Trinajstić information content (AvgIpc) is 2.05. The molecule has 0 fully saturated rings. The van der Waals surface area contributed by atoms with E-state index in [2.05, 4.69) is 0 Å². The zero-order valence-corrected chi connectivity index (χ0v) is 12.3. The second-order valence-electron chi connectivity index (χ2n) is 3.86. The largest absolute Gasteiger partial charge is 0.356 e. The first-order valence-corrected chi connectivity index (χ1v) is 9.82. The highest BCUT2D eigenvalue weighted by molar-refractivity contribution is 7.88. The summed E-state index contributed by atoms with van der Waals surface area (Å²) in [6.45, 7) is 1.72. The molecule has 0 saturated heterocycles. The molecular weight excluding hydrogens is 309 g/mol. The zero-order valence-electron chi connectivity index (χ0n) is 9.58. The van der Waals surface area contributed by atoms with Crippen molar-refractivity contribution >= 4 is 22.8 Å². The summed E-state index contributed by atoms with van der Waals surface area (Å²) in [6.07, 6.45) is -0.168. The lowest BCUT2D eigenvalue weighted by molar-refractivity contribution is 0.293. The summed E-state index contributed by atoms with van der Waals surface area (Å²) < 4.78 is 30.1. The van der Waals surface area contributed by atoms with E-state index in [9.17, 15) is 13.7 Å². The standard InChI is InChI=1S/C6H17O9P3/c1-2-3-4-5-6(16(7,8)9,17(10,11)12)18(13,14)15/h2-5H2,1H3,(H2,7,8,9)(H2,10,11,12)(H2,13,14,15). The molecule has 0 aliphatic rings. The maximum absolute atomic E-state index is 11.3. The van der Waals surface area contributed by atoms with Crippen LogP contribution in [0.2, 0.25) is 0 Å². The van der Waals surface area contributed by atoms with Gasteiger partial charge >= 0.3 is 22.8 Å². The van der Waals surface area contributed by atoms with Crippen molar-refractivity contribution in [3.05, 3.63) is 0 Å². The normalized spacial score (nSPS) is 14.8. The zero-order chi connectivity index (χ0) is 14.8. The van der Waals surface area contributed by atoms with E-state index in [1.807, 2.05) is 0 Å². The van der Waals surface area contributed by atoms with Crippen LogP contribution in [0.4, 0.5) is 0 Å². The van der Waals surface area contributed by atoms with Crippen molar-refractivity contribution < 1.29 is 43.1 Å². The van der Waals surface area contributed by atoms with Crippen LogP contribution in [0.1, 0.15) is 32.6 Å². The lowest BCUT2D eigenvalue weighted by atomic mass is 10.2. The number of hydrogen-bond donors (Lipinski definition) is 6. The van der Waals surface area contributed by atoms with Crippen LogP contribution in [0.15, 0.2) is 0 Å². The third-order valence-corrected chi connectivity index (χ3v) is 10.7. The highest BCUT2D eigenvalue weighted by atomic mass is 31.3. The maximum Gasteiger partial charge on any atom is 0.356 e. The second-order valence-corrected chi connectivity index (χ2v) is 10.5. The first-order chi connectivity index (χ1) is 7.81. The molecule has 6 N–H and O–H groups in total. The molecule has 18 heavy (non-hydrogen) atoms. The van der Waals surface area contributed by atoms with E-state index in [1.54, 1.807) is 6.92 Å². The summed E-state index contributed by atoms with van der Waals surface area (Å²) in [7, 11) is -17.1. The van der Waals surface area contributed by atoms with Gasteiger partial charge in [0.15, 0.2) is 0 Å². The predicted octanol–water partition coefficient (Wildman–Crippen LogP) is 0.754. The van der Waals surface area contributed by atoms with Gasteiger partial charge < -0.3 is 29.4 Å². The third kappa shape index (κ3) is 3.51. The van der Waals surface area contributed by atoms with E-state index in [-0.39, 0.29) is 6.42 Å². The molecule has 0 bridgehead atoms. The fourth-order valence-electron chi connectivity index (χ4n) is 1.56. The predicted molar refractivity (Wildman–Crippen MR) is 63.0 cm³/mol.